The van der Waals surface area contributed by atoms with Crippen molar-refractivity contribution in [3.63, 3.8) is 0 Å². The van der Waals surface area contributed by atoms with E-state index in [0.717, 1.165) is 0 Å². The van der Waals surface area contributed by atoms with Crippen LogP contribution in [0.4, 0.5) is 0 Å². The largest absolute Gasteiger partial charge is 0.0620 e. The van der Waals surface area contributed by atoms with Crippen molar-refractivity contribution in [2.75, 3.05) is 0 Å². The van der Waals surface area contributed by atoms with Gasteiger partial charge in [0.1, 0.15) is 0 Å². The van der Waals surface area contributed by atoms with E-state index in [-0.39, 0.29) is 0 Å². The number of halogens is 1. The summed E-state index contributed by atoms with van der Waals surface area (Å²) in [6.07, 6.45) is 2.37. The third-order valence-electron chi connectivity index (χ3n) is 3.04. The van der Waals surface area contributed by atoms with Gasteiger partial charge in [0.2, 0.25) is 0 Å². The Kier molecular flexibility index (Phi) is 2.28. The fraction of sp³-hybridized carbons (Fsp3) is 0.143. The van der Waals surface area contributed by atoms with Crippen molar-refractivity contribution in [2.24, 2.45) is 0 Å². The summed E-state index contributed by atoms with van der Waals surface area (Å²) in [6, 6.07) is 15.5. The molecule has 0 nitrogen and oxygen atoms in total. The van der Waals surface area contributed by atoms with Gasteiger partial charge in [0.25, 0.3) is 0 Å². The van der Waals surface area contributed by atoms with Crippen LogP contribution in [0.5, 0.6) is 0 Å². The summed E-state index contributed by atoms with van der Waals surface area (Å²) in [6.45, 7) is 0. The molecule has 2 aromatic rings. The zero-order valence-corrected chi connectivity index (χ0v) is 10.5. The lowest BCUT2D eigenvalue weighted by molar-refractivity contribution is 0.941. The monoisotopic (exact) mass is 306 g/mol. The maximum Gasteiger partial charge on any atom is 0.0136 e. The molecule has 0 spiro atoms. The molecule has 0 heterocycles. The predicted octanol–water partition coefficient (Wildman–Crippen LogP) is 4.06. The highest BCUT2D eigenvalue weighted by Gasteiger charge is 2.14. The maximum absolute atomic E-state index is 2.38. The van der Waals surface area contributed by atoms with Gasteiger partial charge in [-0.3, -0.25) is 0 Å². The van der Waals surface area contributed by atoms with E-state index in [9.17, 15) is 0 Å². The van der Waals surface area contributed by atoms with E-state index < -0.39 is 0 Å². The van der Waals surface area contributed by atoms with Crippen LogP contribution in [-0.2, 0) is 12.8 Å². The van der Waals surface area contributed by atoms with Crippen LogP contribution in [0.1, 0.15) is 11.1 Å². The van der Waals surface area contributed by atoms with Crippen molar-refractivity contribution < 1.29 is 0 Å². The van der Waals surface area contributed by atoms with Crippen molar-refractivity contribution >= 4 is 22.6 Å². The third kappa shape index (κ3) is 1.59. The Hall–Kier alpha value is -0.830. The number of hydrogen-bond acceptors (Lipinski definition) is 0. The molecule has 0 aromatic heterocycles. The van der Waals surface area contributed by atoms with Gasteiger partial charge in [-0.15, -0.1) is 0 Å². The van der Waals surface area contributed by atoms with Crippen LogP contribution in [0.3, 0.4) is 0 Å². The topological polar surface area (TPSA) is 0 Å². The number of rotatable bonds is 0. The van der Waals surface area contributed by atoms with E-state index in [2.05, 4.69) is 65.1 Å². The first-order valence-electron chi connectivity index (χ1n) is 5.21. The Morgan fingerprint density at radius 2 is 1.53 bits per heavy atom. The molecule has 1 aliphatic rings. The van der Waals surface area contributed by atoms with Crippen LogP contribution in [0, 0.1) is 3.57 Å². The highest BCUT2D eigenvalue weighted by molar-refractivity contribution is 14.1. The average Bonchev–Trinajstić information content (AvgIpc) is 2.29. The highest BCUT2D eigenvalue weighted by Crippen LogP contribution is 2.33. The van der Waals surface area contributed by atoms with Gasteiger partial charge in [0.15, 0.2) is 0 Å². The summed E-state index contributed by atoms with van der Waals surface area (Å²) < 4.78 is 1.32. The molecule has 0 bridgehead atoms. The Bertz CT molecular complexity index is 514. The Morgan fingerprint density at radius 1 is 0.800 bits per heavy atom. The minimum absolute atomic E-state index is 1.18. The Morgan fingerprint density at radius 3 is 2.40 bits per heavy atom. The summed E-state index contributed by atoms with van der Waals surface area (Å²) in [4.78, 5) is 0. The molecule has 0 fully saturated rings. The van der Waals surface area contributed by atoms with Crippen LogP contribution in [0.2, 0.25) is 0 Å². The molecule has 0 amide bonds. The van der Waals surface area contributed by atoms with E-state index in [0.29, 0.717) is 0 Å². The van der Waals surface area contributed by atoms with Gasteiger partial charge in [0, 0.05) is 3.57 Å². The maximum atomic E-state index is 2.38. The molecule has 1 heteroatoms. The molecule has 0 aliphatic heterocycles. The minimum atomic E-state index is 1.18. The van der Waals surface area contributed by atoms with Crippen molar-refractivity contribution in [3.8, 4) is 11.1 Å². The Balaban J connectivity index is 2.28. The molecule has 3 rings (SSSR count). The zero-order chi connectivity index (χ0) is 10.3. The molecule has 0 saturated heterocycles. The van der Waals surface area contributed by atoms with Gasteiger partial charge >= 0.3 is 0 Å². The van der Waals surface area contributed by atoms with Gasteiger partial charge in [0.05, 0.1) is 0 Å². The zero-order valence-electron chi connectivity index (χ0n) is 8.33. The molecule has 0 atom stereocenters. The lowest BCUT2D eigenvalue weighted by Crippen LogP contribution is -2.03. The first kappa shape index (κ1) is 9.40. The summed E-state index contributed by atoms with van der Waals surface area (Å²) in [7, 11) is 0. The standard InChI is InChI=1S/C14H11I/c15-12-8-7-11-6-5-10-3-1-2-4-13(10)14(11)9-12/h1-4,7-9H,5-6H2. The second-order valence-electron chi connectivity index (χ2n) is 3.96. The summed E-state index contributed by atoms with van der Waals surface area (Å²) in [5.41, 5.74) is 5.85. The number of benzene rings is 2. The molecule has 0 N–H and O–H groups in total. The first-order chi connectivity index (χ1) is 7.34. The molecule has 1 aliphatic carbocycles. The van der Waals surface area contributed by atoms with Crippen LogP contribution >= 0.6 is 22.6 Å². The molecule has 15 heavy (non-hydrogen) atoms. The summed E-state index contributed by atoms with van der Waals surface area (Å²) in [5.74, 6) is 0. The smallest absolute Gasteiger partial charge is 0.0136 e. The van der Waals surface area contributed by atoms with E-state index in [1.807, 2.05) is 0 Å². The molecular formula is C14H11I. The van der Waals surface area contributed by atoms with Crippen molar-refractivity contribution in [1.82, 2.24) is 0 Å². The summed E-state index contributed by atoms with van der Waals surface area (Å²) in [5, 5.41) is 0. The van der Waals surface area contributed by atoms with Crippen molar-refractivity contribution in [1.29, 1.82) is 0 Å². The van der Waals surface area contributed by atoms with Crippen LogP contribution < -0.4 is 0 Å². The van der Waals surface area contributed by atoms with Crippen LogP contribution in [0.25, 0.3) is 11.1 Å². The quantitative estimate of drug-likeness (QED) is 0.644. The first-order valence-corrected chi connectivity index (χ1v) is 6.29. The van der Waals surface area contributed by atoms with Crippen LogP contribution in [0.15, 0.2) is 42.5 Å². The Labute approximate surface area is 103 Å². The van der Waals surface area contributed by atoms with Crippen LogP contribution in [-0.4, -0.2) is 0 Å². The normalized spacial score (nSPS) is 13.1. The lowest BCUT2D eigenvalue weighted by atomic mass is 9.86. The lowest BCUT2D eigenvalue weighted by Gasteiger charge is -2.19. The van der Waals surface area contributed by atoms with Gasteiger partial charge in [-0.05, 0) is 69.8 Å². The molecular weight excluding hydrogens is 295 g/mol. The van der Waals surface area contributed by atoms with Gasteiger partial charge in [-0.2, -0.15) is 0 Å². The number of fused-ring (bicyclic) bond motifs is 3. The van der Waals surface area contributed by atoms with E-state index in [4.69, 9.17) is 0 Å². The third-order valence-corrected chi connectivity index (χ3v) is 3.71. The number of hydrogen-bond donors (Lipinski definition) is 0. The fourth-order valence-electron chi connectivity index (χ4n) is 2.29. The summed E-state index contributed by atoms with van der Waals surface area (Å²) >= 11 is 2.38. The van der Waals surface area contributed by atoms with E-state index >= 15 is 0 Å². The van der Waals surface area contributed by atoms with E-state index in [1.54, 1.807) is 0 Å². The van der Waals surface area contributed by atoms with Crippen molar-refractivity contribution in [2.45, 2.75) is 12.8 Å². The predicted molar refractivity (Wildman–Crippen MR) is 72.0 cm³/mol. The van der Waals surface area contributed by atoms with Gasteiger partial charge in [-0.1, -0.05) is 30.3 Å². The second-order valence-corrected chi connectivity index (χ2v) is 5.20. The molecule has 74 valence electrons. The van der Waals surface area contributed by atoms with Crippen molar-refractivity contribution in [3.05, 3.63) is 57.2 Å². The molecule has 2 aromatic carbocycles. The second kappa shape index (κ2) is 3.63. The van der Waals surface area contributed by atoms with E-state index in [1.165, 1.54) is 38.7 Å². The molecule has 0 radical (unpaired) electrons. The van der Waals surface area contributed by atoms with Gasteiger partial charge in [-0.25, -0.2) is 0 Å². The molecule has 0 unspecified atom stereocenters. The fourth-order valence-corrected chi connectivity index (χ4v) is 2.78. The average molecular weight is 306 g/mol. The molecule has 0 saturated carbocycles. The SMILES string of the molecule is Ic1ccc2c(c1)-c1ccccc1CC2. The van der Waals surface area contributed by atoms with Gasteiger partial charge < -0.3 is 0 Å². The highest BCUT2D eigenvalue weighted by atomic mass is 127. The minimum Gasteiger partial charge on any atom is -0.0620 e. The number of aryl methyl sites for hydroxylation is 2.